The maximum Gasteiger partial charge on any atom is 0.125 e. The molecule has 0 aromatic heterocycles. The van der Waals surface area contributed by atoms with Crippen molar-refractivity contribution in [2.75, 3.05) is 53.2 Å². The molecule has 1 heterocycles. The molecular formula is C16H25NO4. The molecule has 1 unspecified atom stereocenters. The molecule has 5 nitrogen and oxygen atoms in total. The monoisotopic (exact) mass is 295 g/mol. The first-order valence-corrected chi connectivity index (χ1v) is 7.41. The van der Waals surface area contributed by atoms with Crippen LogP contribution in [0.1, 0.15) is 17.2 Å². The number of nitrogens with zero attached hydrogens (tertiary/aromatic N) is 1. The summed E-state index contributed by atoms with van der Waals surface area (Å²) in [5.74, 6) is 0.764. The van der Waals surface area contributed by atoms with Crippen LogP contribution in [0.4, 0.5) is 0 Å². The van der Waals surface area contributed by atoms with E-state index in [2.05, 4.69) is 4.90 Å². The van der Waals surface area contributed by atoms with Crippen LogP contribution in [0.15, 0.2) is 18.2 Å². The van der Waals surface area contributed by atoms with Gasteiger partial charge >= 0.3 is 0 Å². The number of hydrogen-bond acceptors (Lipinski definition) is 5. The molecule has 1 fully saturated rings. The summed E-state index contributed by atoms with van der Waals surface area (Å²) in [7, 11) is 1.64. The summed E-state index contributed by atoms with van der Waals surface area (Å²) in [6, 6.07) is 5.93. The minimum absolute atomic E-state index is 0.0530. The molecule has 0 amide bonds. The minimum Gasteiger partial charge on any atom is -0.496 e. The number of rotatable bonds is 7. The number of methoxy groups -OCH3 is 1. The highest BCUT2D eigenvalue weighted by atomic mass is 16.5. The van der Waals surface area contributed by atoms with Crippen LogP contribution in [0.2, 0.25) is 0 Å². The van der Waals surface area contributed by atoms with Gasteiger partial charge in [-0.05, 0) is 18.6 Å². The fourth-order valence-electron chi connectivity index (χ4n) is 2.47. The maximum absolute atomic E-state index is 9.59. The van der Waals surface area contributed by atoms with Gasteiger partial charge in [0.1, 0.15) is 11.9 Å². The van der Waals surface area contributed by atoms with Gasteiger partial charge in [-0.3, -0.25) is 4.90 Å². The van der Waals surface area contributed by atoms with E-state index in [1.165, 1.54) is 0 Å². The maximum atomic E-state index is 9.59. The molecule has 1 N–H and O–H groups in total. The number of ether oxygens (including phenoxy) is 3. The average Bonchev–Trinajstić information content (AvgIpc) is 2.53. The third kappa shape index (κ3) is 4.68. The zero-order valence-electron chi connectivity index (χ0n) is 12.9. The van der Waals surface area contributed by atoms with Crippen LogP contribution in [0.5, 0.6) is 5.75 Å². The molecule has 21 heavy (non-hydrogen) atoms. The van der Waals surface area contributed by atoms with E-state index in [9.17, 15) is 5.11 Å². The van der Waals surface area contributed by atoms with Gasteiger partial charge in [0.2, 0.25) is 0 Å². The Balaban J connectivity index is 1.90. The Morgan fingerprint density at radius 2 is 2.10 bits per heavy atom. The third-order valence-corrected chi connectivity index (χ3v) is 3.73. The second-order valence-corrected chi connectivity index (χ2v) is 5.24. The number of morpholine rings is 1. The van der Waals surface area contributed by atoms with E-state index in [0.29, 0.717) is 6.61 Å². The van der Waals surface area contributed by atoms with Gasteiger partial charge in [-0.25, -0.2) is 0 Å². The van der Waals surface area contributed by atoms with Crippen molar-refractivity contribution in [3.8, 4) is 5.75 Å². The number of aliphatic hydroxyl groups excluding tert-OH is 1. The Morgan fingerprint density at radius 1 is 1.33 bits per heavy atom. The van der Waals surface area contributed by atoms with Crippen LogP contribution in [-0.4, -0.2) is 63.2 Å². The normalized spacial score (nSPS) is 17.7. The molecule has 0 spiro atoms. The van der Waals surface area contributed by atoms with Gasteiger partial charge in [0.05, 0.1) is 33.5 Å². The summed E-state index contributed by atoms with van der Waals surface area (Å²) < 4.78 is 16.6. The highest BCUT2D eigenvalue weighted by molar-refractivity contribution is 5.38. The van der Waals surface area contributed by atoms with E-state index in [1.54, 1.807) is 7.11 Å². The number of benzene rings is 1. The largest absolute Gasteiger partial charge is 0.496 e. The summed E-state index contributed by atoms with van der Waals surface area (Å²) in [6.07, 6.45) is -0.346. The standard InChI is InChI=1S/C16H25NO4/c1-13-3-4-14(15(11-13)19-2)16(12-18)21-10-7-17-5-8-20-9-6-17/h3-4,11,16,18H,5-10,12H2,1-2H3. The first-order chi connectivity index (χ1) is 10.2. The fourth-order valence-corrected chi connectivity index (χ4v) is 2.47. The molecule has 0 bridgehead atoms. The molecule has 1 aromatic rings. The van der Waals surface area contributed by atoms with Gasteiger partial charge in [0.25, 0.3) is 0 Å². The lowest BCUT2D eigenvalue weighted by atomic mass is 10.1. The smallest absolute Gasteiger partial charge is 0.125 e. The topological polar surface area (TPSA) is 51.2 Å². The zero-order valence-corrected chi connectivity index (χ0v) is 12.9. The molecule has 1 atom stereocenters. The predicted molar refractivity (Wildman–Crippen MR) is 80.8 cm³/mol. The summed E-state index contributed by atoms with van der Waals surface area (Å²) >= 11 is 0. The van der Waals surface area contributed by atoms with Gasteiger partial charge in [-0.1, -0.05) is 12.1 Å². The first-order valence-electron chi connectivity index (χ1n) is 7.41. The van der Waals surface area contributed by atoms with Crippen LogP contribution < -0.4 is 4.74 Å². The molecule has 1 saturated heterocycles. The summed E-state index contributed by atoms with van der Waals surface area (Å²) in [5.41, 5.74) is 2.02. The van der Waals surface area contributed by atoms with Crippen LogP contribution in [-0.2, 0) is 9.47 Å². The van der Waals surface area contributed by atoms with Gasteiger partial charge in [0.15, 0.2) is 0 Å². The predicted octanol–water partition coefficient (Wildman–Crippen LogP) is 1.39. The Labute approximate surface area is 126 Å². The molecule has 2 rings (SSSR count). The Morgan fingerprint density at radius 3 is 2.76 bits per heavy atom. The van der Waals surface area contributed by atoms with Crippen molar-refractivity contribution in [3.63, 3.8) is 0 Å². The average molecular weight is 295 g/mol. The van der Waals surface area contributed by atoms with E-state index in [0.717, 1.165) is 49.7 Å². The van der Waals surface area contributed by atoms with Gasteiger partial charge in [0, 0.05) is 25.2 Å². The lowest BCUT2D eigenvalue weighted by Crippen LogP contribution is -2.38. The fraction of sp³-hybridized carbons (Fsp3) is 0.625. The number of aliphatic hydroxyl groups is 1. The first kappa shape index (κ1) is 16.2. The molecular weight excluding hydrogens is 270 g/mol. The van der Waals surface area contributed by atoms with E-state index < -0.39 is 0 Å². The second kappa shape index (κ2) is 8.34. The van der Waals surface area contributed by atoms with Crippen molar-refractivity contribution in [3.05, 3.63) is 29.3 Å². The highest BCUT2D eigenvalue weighted by Crippen LogP contribution is 2.28. The van der Waals surface area contributed by atoms with Crippen molar-refractivity contribution >= 4 is 0 Å². The summed E-state index contributed by atoms with van der Waals surface area (Å²) in [6.45, 7) is 6.87. The second-order valence-electron chi connectivity index (χ2n) is 5.24. The van der Waals surface area contributed by atoms with Crippen molar-refractivity contribution in [2.24, 2.45) is 0 Å². The molecule has 0 aliphatic carbocycles. The van der Waals surface area contributed by atoms with Crippen molar-refractivity contribution in [1.82, 2.24) is 4.90 Å². The zero-order chi connectivity index (χ0) is 15.1. The summed E-state index contributed by atoms with van der Waals surface area (Å²) in [4.78, 5) is 2.31. The quantitative estimate of drug-likeness (QED) is 0.824. The van der Waals surface area contributed by atoms with E-state index in [-0.39, 0.29) is 12.7 Å². The van der Waals surface area contributed by atoms with Crippen LogP contribution in [0.25, 0.3) is 0 Å². The van der Waals surface area contributed by atoms with Crippen LogP contribution in [0.3, 0.4) is 0 Å². The van der Waals surface area contributed by atoms with E-state index in [1.807, 2.05) is 25.1 Å². The Bertz CT molecular complexity index is 432. The molecule has 0 radical (unpaired) electrons. The Hall–Kier alpha value is -1.14. The van der Waals surface area contributed by atoms with Gasteiger partial charge in [-0.15, -0.1) is 0 Å². The third-order valence-electron chi connectivity index (χ3n) is 3.73. The van der Waals surface area contributed by atoms with Gasteiger partial charge in [-0.2, -0.15) is 0 Å². The van der Waals surface area contributed by atoms with E-state index >= 15 is 0 Å². The van der Waals surface area contributed by atoms with Crippen LogP contribution in [0, 0.1) is 6.92 Å². The van der Waals surface area contributed by atoms with Gasteiger partial charge < -0.3 is 19.3 Å². The SMILES string of the molecule is COc1cc(C)ccc1C(CO)OCCN1CCOCC1. The molecule has 118 valence electrons. The molecule has 1 aliphatic rings. The molecule has 1 aromatic carbocycles. The molecule has 0 saturated carbocycles. The Kier molecular flexibility index (Phi) is 6.45. The molecule has 5 heteroatoms. The summed E-state index contributed by atoms with van der Waals surface area (Å²) in [5, 5.41) is 9.59. The number of aryl methyl sites for hydroxylation is 1. The van der Waals surface area contributed by atoms with Crippen molar-refractivity contribution < 1.29 is 19.3 Å². The lowest BCUT2D eigenvalue weighted by molar-refractivity contribution is -0.0173. The highest BCUT2D eigenvalue weighted by Gasteiger charge is 2.17. The van der Waals surface area contributed by atoms with E-state index in [4.69, 9.17) is 14.2 Å². The number of hydrogen-bond donors (Lipinski definition) is 1. The van der Waals surface area contributed by atoms with Crippen molar-refractivity contribution in [1.29, 1.82) is 0 Å². The molecule has 1 aliphatic heterocycles. The lowest BCUT2D eigenvalue weighted by Gasteiger charge is -2.27. The minimum atomic E-state index is -0.346. The van der Waals surface area contributed by atoms with Crippen molar-refractivity contribution in [2.45, 2.75) is 13.0 Å². The van der Waals surface area contributed by atoms with Crippen LogP contribution >= 0.6 is 0 Å².